The van der Waals surface area contributed by atoms with E-state index in [0.717, 1.165) is 17.6 Å². The van der Waals surface area contributed by atoms with Crippen molar-refractivity contribution in [3.63, 3.8) is 0 Å². The number of hydrogen-bond acceptors (Lipinski definition) is 3. The van der Waals surface area contributed by atoms with E-state index in [9.17, 15) is 0 Å². The summed E-state index contributed by atoms with van der Waals surface area (Å²) in [6.07, 6.45) is 3.79. The van der Waals surface area contributed by atoms with Gasteiger partial charge in [0.25, 0.3) is 0 Å². The van der Waals surface area contributed by atoms with Gasteiger partial charge >= 0.3 is 0 Å². The lowest BCUT2D eigenvalue weighted by atomic mass is 10.3. The third-order valence-electron chi connectivity index (χ3n) is 2.27. The molecule has 3 nitrogen and oxygen atoms in total. The lowest BCUT2D eigenvalue weighted by Gasteiger charge is -2.12. The van der Waals surface area contributed by atoms with Gasteiger partial charge in [-0.3, -0.25) is 4.68 Å². The zero-order chi connectivity index (χ0) is 11.4. The van der Waals surface area contributed by atoms with Crippen LogP contribution in [0.15, 0.2) is 34.4 Å². The second-order valence-corrected chi connectivity index (χ2v) is 5.65. The van der Waals surface area contributed by atoms with E-state index in [4.69, 9.17) is 0 Å². The minimum Gasteiger partial charge on any atom is -0.308 e. The van der Waals surface area contributed by atoms with Crippen molar-refractivity contribution in [3.05, 3.63) is 39.3 Å². The Hall–Kier alpha value is -0.650. The van der Waals surface area contributed by atoms with Crippen LogP contribution < -0.4 is 5.32 Å². The molecule has 0 radical (unpaired) electrons. The van der Waals surface area contributed by atoms with Crippen molar-refractivity contribution >= 4 is 27.3 Å². The van der Waals surface area contributed by atoms with E-state index in [1.165, 1.54) is 4.88 Å². The van der Waals surface area contributed by atoms with E-state index in [2.05, 4.69) is 44.7 Å². The van der Waals surface area contributed by atoms with Gasteiger partial charge in [0.1, 0.15) is 0 Å². The molecule has 0 fully saturated rings. The summed E-state index contributed by atoms with van der Waals surface area (Å²) in [6, 6.07) is 4.52. The third kappa shape index (κ3) is 3.43. The van der Waals surface area contributed by atoms with E-state index in [1.54, 1.807) is 11.3 Å². The van der Waals surface area contributed by atoms with Crippen LogP contribution in [0, 0.1) is 0 Å². The van der Waals surface area contributed by atoms with Gasteiger partial charge in [0.15, 0.2) is 0 Å². The summed E-state index contributed by atoms with van der Waals surface area (Å²) in [5.74, 6) is 0. The summed E-state index contributed by atoms with van der Waals surface area (Å²) in [4.78, 5) is 1.35. The van der Waals surface area contributed by atoms with E-state index in [0.29, 0.717) is 6.04 Å². The first kappa shape index (κ1) is 11.8. The molecular formula is C11H14BrN3S. The molecule has 1 unspecified atom stereocenters. The Labute approximate surface area is 108 Å². The molecule has 1 atom stereocenters. The SMILES string of the molecule is CC(Cn1cccn1)NCc1cc(Br)cs1. The van der Waals surface area contributed by atoms with Gasteiger partial charge in [-0.1, -0.05) is 0 Å². The normalized spacial score (nSPS) is 12.9. The maximum absolute atomic E-state index is 4.19. The van der Waals surface area contributed by atoms with Crippen molar-refractivity contribution in [2.24, 2.45) is 0 Å². The summed E-state index contributed by atoms with van der Waals surface area (Å²) >= 11 is 5.22. The highest BCUT2D eigenvalue weighted by molar-refractivity contribution is 9.10. The summed E-state index contributed by atoms with van der Waals surface area (Å²) in [6.45, 7) is 3.99. The predicted molar refractivity (Wildman–Crippen MR) is 70.5 cm³/mol. The van der Waals surface area contributed by atoms with Gasteiger partial charge in [-0.25, -0.2) is 0 Å². The molecular weight excluding hydrogens is 286 g/mol. The Morgan fingerprint density at radius 2 is 2.50 bits per heavy atom. The van der Waals surface area contributed by atoms with E-state index in [-0.39, 0.29) is 0 Å². The Morgan fingerprint density at radius 1 is 1.62 bits per heavy atom. The quantitative estimate of drug-likeness (QED) is 0.920. The number of aromatic nitrogens is 2. The van der Waals surface area contributed by atoms with Crippen molar-refractivity contribution in [2.75, 3.05) is 0 Å². The monoisotopic (exact) mass is 299 g/mol. The maximum atomic E-state index is 4.19. The molecule has 2 aromatic rings. The third-order valence-corrected chi connectivity index (χ3v) is 3.96. The van der Waals surface area contributed by atoms with Crippen LogP contribution >= 0.6 is 27.3 Å². The molecule has 0 aromatic carbocycles. The number of rotatable bonds is 5. The van der Waals surface area contributed by atoms with Gasteiger partial charge in [0.05, 0.1) is 6.54 Å². The molecule has 1 N–H and O–H groups in total. The first-order valence-electron chi connectivity index (χ1n) is 5.18. The van der Waals surface area contributed by atoms with Crippen LogP contribution in [0.4, 0.5) is 0 Å². The van der Waals surface area contributed by atoms with E-state index < -0.39 is 0 Å². The minimum absolute atomic E-state index is 0.417. The molecule has 0 aliphatic carbocycles. The largest absolute Gasteiger partial charge is 0.308 e. The first-order valence-corrected chi connectivity index (χ1v) is 6.85. The van der Waals surface area contributed by atoms with Crippen LogP contribution in [-0.2, 0) is 13.1 Å². The van der Waals surface area contributed by atoms with Crippen LogP contribution in [0.1, 0.15) is 11.8 Å². The fourth-order valence-electron chi connectivity index (χ4n) is 1.47. The first-order chi connectivity index (χ1) is 7.74. The molecule has 0 spiro atoms. The molecule has 0 amide bonds. The number of hydrogen-bond donors (Lipinski definition) is 1. The number of halogens is 1. The van der Waals surface area contributed by atoms with Crippen molar-refractivity contribution in [1.29, 1.82) is 0 Å². The van der Waals surface area contributed by atoms with Gasteiger partial charge < -0.3 is 5.32 Å². The summed E-state index contributed by atoms with van der Waals surface area (Å²) < 4.78 is 3.11. The molecule has 0 saturated heterocycles. The van der Waals surface area contributed by atoms with Crippen LogP contribution in [0.25, 0.3) is 0 Å². The molecule has 16 heavy (non-hydrogen) atoms. The lowest BCUT2D eigenvalue weighted by Crippen LogP contribution is -2.29. The van der Waals surface area contributed by atoms with Gasteiger partial charge in [-0.2, -0.15) is 5.10 Å². The summed E-state index contributed by atoms with van der Waals surface area (Å²) in [5.41, 5.74) is 0. The van der Waals surface area contributed by atoms with Gasteiger partial charge in [0.2, 0.25) is 0 Å². The second-order valence-electron chi connectivity index (χ2n) is 3.74. The average molecular weight is 300 g/mol. The fraction of sp³-hybridized carbons (Fsp3) is 0.364. The molecule has 0 aliphatic rings. The highest BCUT2D eigenvalue weighted by Gasteiger charge is 2.03. The average Bonchev–Trinajstić information content (AvgIpc) is 2.87. The van der Waals surface area contributed by atoms with Crippen molar-refractivity contribution in [1.82, 2.24) is 15.1 Å². The molecule has 0 aliphatic heterocycles. The molecule has 0 saturated carbocycles. The zero-order valence-electron chi connectivity index (χ0n) is 9.06. The number of thiophene rings is 1. The van der Waals surface area contributed by atoms with Crippen molar-refractivity contribution in [2.45, 2.75) is 26.1 Å². The lowest BCUT2D eigenvalue weighted by molar-refractivity contribution is 0.452. The minimum atomic E-state index is 0.417. The van der Waals surface area contributed by atoms with Crippen LogP contribution in [0.2, 0.25) is 0 Å². The van der Waals surface area contributed by atoms with Crippen LogP contribution in [0.3, 0.4) is 0 Å². The van der Waals surface area contributed by atoms with Crippen LogP contribution in [0.5, 0.6) is 0 Å². The molecule has 2 rings (SSSR count). The Balaban J connectivity index is 1.77. The molecule has 86 valence electrons. The van der Waals surface area contributed by atoms with Gasteiger partial charge in [-0.15, -0.1) is 11.3 Å². The zero-order valence-corrected chi connectivity index (χ0v) is 11.5. The Kier molecular flexibility index (Phi) is 4.15. The van der Waals surface area contributed by atoms with Gasteiger partial charge in [0, 0.05) is 39.7 Å². The standard InChI is InChI=1S/C11H14BrN3S/c1-9(7-15-4-2-3-14-15)13-6-11-5-10(12)8-16-11/h2-5,8-9,13H,6-7H2,1H3. The topological polar surface area (TPSA) is 29.9 Å². The van der Waals surface area contributed by atoms with Crippen molar-refractivity contribution in [3.8, 4) is 0 Å². The van der Waals surface area contributed by atoms with E-state index >= 15 is 0 Å². The molecule has 2 aromatic heterocycles. The predicted octanol–water partition coefficient (Wildman–Crippen LogP) is 2.89. The summed E-state index contributed by atoms with van der Waals surface area (Å²) in [5, 5.41) is 9.77. The Morgan fingerprint density at radius 3 is 3.12 bits per heavy atom. The number of nitrogens with zero attached hydrogens (tertiary/aromatic N) is 2. The van der Waals surface area contributed by atoms with Gasteiger partial charge in [-0.05, 0) is 35.0 Å². The highest BCUT2D eigenvalue weighted by Crippen LogP contribution is 2.19. The Bertz CT molecular complexity index is 424. The molecule has 0 bridgehead atoms. The van der Waals surface area contributed by atoms with Crippen LogP contribution in [-0.4, -0.2) is 15.8 Å². The number of nitrogens with one attached hydrogen (secondary N) is 1. The fourth-order valence-corrected chi connectivity index (χ4v) is 2.88. The molecule has 2 heterocycles. The summed E-state index contributed by atoms with van der Waals surface area (Å²) in [7, 11) is 0. The molecule has 5 heteroatoms. The second kappa shape index (κ2) is 5.61. The van der Waals surface area contributed by atoms with Crippen molar-refractivity contribution < 1.29 is 0 Å². The highest BCUT2D eigenvalue weighted by atomic mass is 79.9. The van der Waals surface area contributed by atoms with E-state index in [1.807, 2.05) is 23.1 Å². The smallest absolute Gasteiger partial charge is 0.0560 e. The maximum Gasteiger partial charge on any atom is 0.0560 e.